The number of carbonyl (C=O) groups is 1. The molecule has 1 aliphatic carbocycles. The number of aliphatic hydroxyl groups is 1. The predicted molar refractivity (Wildman–Crippen MR) is 148 cm³/mol. The van der Waals surface area contributed by atoms with Crippen molar-refractivity contribution in [2.24, 2.45) is 0 Å². The van der Waals surface area contributed by atoms with Crippen LogP contribution in [0.4, 0.5) is 16.2 Å². The summed E-state index contributed by atoms with van der Waals surface area (Å²) in [5.41, 5.74) is 2.56. The Kier molecular flexibility index (Phi) is 7.45. The van der Waals surface area contributed by atoms with Gasteiger partial charge in [0, 0.05) is 14.1 Å². The summed E-state index contributed by atoms with van der Waals surface area (Å²) < 4.78 is 40.4. The summed E-state index contributed by atoms with van der Waals surface area (Å²) in [5, 5.41) is 14.4. The van der Waals surface area contributed by atoms with Crippen LogP contribution < -0.4 is 20.2 Å². The molecule has 0 amide bonds. The van der Waals surface area contributed by atoms with Gasteiger partial charge in [-0.05, 0) is 30.9 Å². The first-order valence-electron chi connectivity index (χ1n) is 12.1. The van der Waals surface area contributed by atoms with Gasteiger partial charge in [-0.1, -0.05) is 18.2 Å². The average molecular weight is 616 g/mol. The van der Waals surface area contributed by atoms with Crippen LogP contribution >= 0.6 is 18.2 Å². The normalized spacial score (nSPS) is 29.4. The molecule has 7 atom stereocenters. The number of anilines is 2. The molecule has 0 bridgehead atoms. The van der Waals surface area contributed by atoms with Crippen LogP contribution in [-0.2, 0) is 30.6 Å². The van der Waals surface area contributed by atoms with Crippen molar-refractivity contribution in [1.29, 1.82) is 0 Å². The molecule has 40 heavy (non-hydrogen) atoms. The molecular weight excluding hydrogens is 588 g/mol. The summed E-state index contributed by atoms with van der Waals surface area (Å²) in [6, 6.07) is 7.55. The number of rotatable bonds is 10. The number of halogens is 2. The number of ether oxygens (including phenoxy) is 2. The number of hydrogen-bond acceptors (Lipinski definition) is 12. The van der Waals surface area contributed by atoms with Crippen LogP contribution in [-0.4, -0.2) is 87.2 Å². The molecular formula is C23H28ClFN7O6PS. The second kappa shape index (κ2) is 10.3. The van der Waals surface area contributed by atoms with Gasteiger partial charge in [-0.3, -0.25) is 13.9 Å². The molecule has 1 saturated carbocycles. The van der Waals surface area contributed by atoms with Gasteiger partial charge in [0.05, 0.1) is 19.3 Å². The lowest BCUT2D eigenvalue weighted by molar-refractivity contribution is -0.142. The Morgan fingerprint density at radius 1 is 1.40 bits per heavy atom. The van der Waals surface area contributed by atoms with Crippen LogP contribution in [0.1, 0.15) is 13.2 Å². The third-order valence-corrected chi connectivity index (χ3v) is 9.69. The van der Waals surface area contributed by atoms with Crippen LogP contribution in [0.25, 0.3) is 11.2 Å². The fraction of sp³-hybridized carbons (Fsp3) is 0.478. The first-order valence-corrected chi connectivity index (χ1v) is 15.2. The summed E-state index contributed by atoms with van der Waals surface area (Å²) in [6.45, 7) is -2.12. The summed E-state index contributed by atoms with van der Waals surface area (Å²) >= 11 is 12.0. The number of nitrogens with one attached hydrogen (secondary N) is 1. The van der Waals surface area contributed by atoms with Crippen molar-refractivity contribution < 1.29 is 32.8 Å². The maximum absolute atomic E-state index is 16.2. The molecule has 13 nitrogen and oxygen atoms in total. The van der Waals surface area contributed by atoms with E-state index in [1.807, 2.05) is 0 Å². The fourth-order valence-corrected chi connectivity index (χ4v) is 7.95. The van der Waals surface area contributed by atoms with Gasteiger partial charge in [0.15, 0.2) is 35.0 Å². The SMILES string of the molecule is COC(=O)[C@H](C)N[P@@](=S)(Oc1ccccc1)OC1[C@@]2(CCl)O[C@@H](n3cnc4c(N(C)C)nc(N)nc43)[C@H](F)[C@@]12O. The van der Waals surface area contributed by atoms with Gasteiger partial charge in [-0.2, -0.15) is 9.97 Å². The lowest BCUT2D eigenvalue weighted by Gasteiger charge is -2.29. The lowest BCUT2D eigenvalue weighted by atomic mass is 10.1. The quantitative estimate of drug-likeness (QED) is 0.173. The van der Waals surface area contributed by atoms with Crippen molar-refractivity contribution in [3.63, 3.8) is 0 Å². The van der Waals surface area contributed by atoms with Crippen molar-refractivity contribution in [3.8, 4) is 5.75 Å². The highest BCUT2D eigenvalue weighted by molar-refractivity contribution is 8.09. The minimum Gasteiger partial charge on any atom is -0.468 e. The largest absolute Gasteiger partial charge is 0.468 e. The molecule has 3 heterocycles. The van der Waals surface area contributed by atoms with E-state index in [1.54, 1.807) is 49.3 Å². The standard InChI is InChI=1S/C23H28ClFN7O6PS/c1-12(19(33)35-4)30-39(40,37-13-8-6-5-7-9-13)38-20-22(10-24)23(20,34)15(25)18(36-22)32-11-27-14-16(31(2)3)28-21(26)29-17(14)32/h5-9,11-12,15,18,20,34H,10H2,1-4H3,(H,30,40)(H2,26,28,29)/t12-,15-,18+,20?,22+,23+,39+/m0/s1. The molecule has 3 aromatic rings. The van der Waals surface area contributed by atoms with Crippen LogP contribution in [0.5, 0.6) is 5.75 Å². The highest BCUT2D eigenvalue weighted by Crippen LogP contribution is 2.69. The summed E-state index contributed by atoms with van der Waals surface area (Å²) in [7, 11) is 4.73. The predicted octanol–water partition coefficient (Wildman–Crippen LogP) is 1.90. The third kappa shape index (κ3) is 4.49. The van der Waals surface area contributed by atoms with Gasteiger partial charge in [0.1, 0.15) is 23.5 Å². The van der Waals surface area contributed by atoms with Gasteiger partial charge in [0.2, 0.25) is 5.95 Å². The number of nitrogens with two attached hydrogens (primary N) is 1. The molecule has 2 aromatic heterocycles. The Labute approximate surface area is 238 Å². The van der Waals surface area contributed by atoms with E-state index in [1.165, 1.54) is 24.9 Å². The first kappa shape index (κ1) is 28.9. The van der Waals surface area contributed by atoms with Crippen molar-refractivity contribution in [3.05, 3.63) is 36.7 Å². The Bertz CT molecular complexity index is 1480. The highest BCUT2D eigenvalue weighted by atomic mass is 35.5. The lowest BCUT2D eigenvalue weighted by Crippen LogP contribution is -2.37. The van der Waals surface area contributed by atoms with Crippen LogP contribution in [0.15, 0.2) is 36.7 Å². The maximum atomic E-state index is 16.2. The number of nitrogens with zero attached hydrogens (tertiary/aromatic N) is 5. The number of esters is 1. The monoisotopic (exact) mass is 615 g/mol. The minimum atomic E-state index is -3.62. The fourth-order valence-electron chi connectivity index (χ4n) is 4.80. The first-order chi connectivity index (χ1) is 18.9. The molecule has 1 unspecified atom stereocenters. The number of alkyl halides is 2. The summed E-state index contributed by atoms with van der Waals surface area (Å²) in [5.74, 6) is -0.251. The van der Waals surface area contributed by atoms with Gasteiger partial charge < -0.3 is 29.7 Å². The number of hydrogen-bond donors (Lipinski definition) is 3. The molecule has 1 aliphatic heterocycles. The minimum absolute atomic E-state index is 0.0481. The molecule has 216 valence electrons. The number of imidazole rings is 1. The Hall–Kier alpha value is -2.65. The van der Waals surface area contributed by atoms with Gasteiger partial charge in [0.25, 0.3) is 0 Å². The number of para-hydroxylation sites is 1. The second-order valence-corrected chi connectivity index (χ2v) is 13.0. The molecule has 17 heteroatoms. The van der Waals surface area contributed by atoms with E-state index in [-0.39, 0.29) is 17.5 Å². The zero-order chi connectivity index (χ0) is 29.0. The van der Waals surface area contributed by atoms with Crippen LogP contribution in [0.3, 0.4) is 0 Å². The Morgan fingerprint density at radius 3 is 2.70 bits per heavy atom. The molecule has 1 aromatic carbocycles. The average Bonchev–Trinajstić information content (AvgIpc) is 3.16. The third-order valence-electron chi connectivity index (χ3n) is 6.86. The second-order valence-electron chi connectivity index (χ2n) is 9.64. The van der Waals surface area contributed by atoms with E-state index in [0.29, 0.717) is 17.1 Å². The maximum Gasteiger partial charge on any atom is 0.323 e. The van der Waals surface area contributed by atoms with Crippen molar-refractivity contribution in [2.75, 3.05) is 37.7 Å². The number of fused-ring (bicyclic) bond motifs is 2. The zero-order valence-electron chi connectivity index (χ0n) is 21.9. The Morgan fingerprint density at radius 2 is 2.10 bits per heavy atom. The van der Waals surface area contributed by atoms with Crippen LogP contribution in [0.2, 0.25) is 0 Å². The van der Waals surface area contributed by atoms with E-state index in [4.69, 9.17) is 47.7 Å². The van der Waals surface area contributed by atoms with Gasteiger partial charge in [-0.15, -0.1) is 11.6 Å². The highest BCUT2D eigenvalue weighted by Gasteiger charge is 2.89. The number of aromatic nitrogens is 4. The van der Waals surface area contributed by atoms with Crippen LogP contribution in [0, 0.1) is 0 Å². The van der Waals surface area contributed by atoms with E-state index >= 15 is 4.39 Å². The number of carbonyl (C=O) groups excluding carboxylic acids is 1. The molecule has 5 rings (SSSR count). The molecule has 0 spiro atoms. The van der Waals surface area contributed by atoms with Gasteiger partial charge >= 0.3 is 12.6 Å². The topological polar surface area (TPSA) is 159 Å². The number of nitrogen functional groups attached to an aromatic ring is 1. The molecule has 0 radical (unpaired) electrons. The summed E-state index contributed by atoms with van der Waals surface area (Å²) in [6.07, 6.45) is -3.42. The van der Waals surface area contributed by atoms with Crippen molar-refractivity contribution in [1.82, 2.24) is 24.6 Å². The van der Waals surface area contributed by atoms with E-state index in [0.717, 1.165) is 0 Å². The molecule has 1 saturated heterocycles. The summed E-state index contributed by atoms with van der Waals surface area (Å²) in [4.78, 5) is 26.5. The zero-order valence-corrected chi connectivity index (χ0v) is 24.4. The molecule has 2 fully saturated rings. The molecule has 4 N–H and O–H groups in total. The van der Waals surface area contributed by atoms with Gasteiger partial charge in [-0.25, -0.2) is 14.5 Å². The smallest absolute Gasteiger partial charge is 0.323 e. The Balaban J connectivity index is 1.46. The molecule has 2 aliphatic rings. The van der Waals surface area contributed by atoms with E-state index in [2.05, 4.69) is 20.0 Å². The number of methoxy groups -OCH3 is 1. The number of benzene rings is 1. The van der Waals surface area contributed by atoms with E-state index < -0.39 is 48.4 Å². The van der Waals surface area contributed by atoms with Crippen molar-refractivity contribution >= 4 is 58.9 Å². The van der Waals surface area contributed by atoms with Crippen molar-refractivity contribution in [2.45, 2.75) is 42.7 Å². The van der Waals surface area contributed by atoms with E-state index in [9.17, 15) is 9.90 Å².